The Labute approximate surface area is 197 Å². The highest BCUT2D eigenvalue weighted by molar-refractivity contribution is 6.30. The largest absolute Gasteiger partial charge is 0.354 e. The summed E-state index contributed by atoms with van der Waals surface area (Å²) in [7, 11) is 0. The van der Waals surface area contributed by atoms with E-state index in [9.17, 15) is 4.79 Å². The number of aryl methyl sites for hydroxylation is 1. The van der Waals surface area contributed by atoms with Crippen LogP contribution < -0.4 is 10.2 Å². The second-order valence-electron chi connectivity index (χ2n) is 8.39. The summed E-state index contributed by atoms with van der Waals surface area (Å²) in [6.45, 7) is 3.41. The lowest BCUT2D eigenvalue weighted by atomic mass is 9.96. The number of carbonyl (C=O) groups excluding carboxylic acids is 1. The van der Waals surface area contributed by atoms with Crippen molar-refractivity contribution in [3.63, 3.8) is 0 Å². The van der Waals surface area contributed by atoms with Crippen LogP contribution in [0.3, 0.4) is 0 Å². The molecule has 1 aliphatic heterocycles. The number of aromatic nitrogens is 3. The van der Waals surface area contributed by atoms with E-state index in [1.165, 1.54) is 0 Å². The van der Waals surface area contributed by atoms with Crippen LogP contribution in [0.15, 0.2) is 66.7 Å². The number of hydrogen-bond acceptors (Lipinski definition) is 5. The number of carbonyl (C=O) groups is 1. The Kier molecular flexibility index (Phi) is 5.92. The van der Waals surface area contributed by atoms with E-state index in [1.807, 2.05) is 73.7 Å². The fraction of sp³-hybridized carbons (Fsp3) is 0.231. The highest BCUT2D eigenvalue weighted by Crippen LogP contribution is 2.27. The van der Waals surface area contributed by atoms with Gasteiger partial charge in [-0.3, -0.25) is 9.78 Å². The van der Waals surface area contributed by atoms with Crippen molar-refractivity contribution in [2.45, 2.75) is 19.8 Å². The van der Waals surface area contributed by atoms with E-state index >= 15 is 0 Å². The van der Waals surface area contributed by atoms with Crippen molar-refractivity contribution < 1.29 is 4.79 Å². The van der Waals surface area contributed by atoms with Crippen molar-refractivity contribution in [1.82, 2.24) is 15.2 Å². The number of amides is 1. The zero-order valence-electron chi connectivity index (χ0n) is 18.3. The molecule has 1 aliphatic rings. The fourth-order valence-corrected chi connectivity index (χ4v) is 4.44. The number of fused-ring (bicyclic) bond motifs is 1. The molecule has 0 aliphatic carbocycles. The Morgan fingerprint density at radius 2 is 1.88 bits per heavy atom. The Bertz CT molecular complexity index is 1290. The molecule has 7 heteroatoms. The van der Waals surface area contributed by atoms with Gasteiger partial charge in [0.1, 0.15) is 0 Å². The van der Waals surface area contributed by atoms with Crippen LogP contribution in [0.1, 0.15) is 18.5 Å². The molecular formula is C26H24ClN5O. The van der Waals surface area contributed by atoms with E-state index in [2.05, 4.69) is 25.4 Å². The molecule has 33 heavy (non-hydrogen) atoms. The molecular weight excluding hydrogens is 434 g/mol. The molecule has 1 atom stereocenters. The highest BCUT2D eigenvalue weighted by Gasteiger charge is 2.27. The van der Waals surface area contributed by atoms with Crippen molar-refractivity contribution in [1.29, 1.82) is 0 Å². The second-order valence-corrected chi connectivity index (χ2v) is 8.82. The zero-order chi connectivity index (χ0) is 22.8. The van der Waals surface area contributed by atoms with Gasteiger partial charge < -0.3 is 10.2 Å². The third-order valence-electron chi connectivity index (χ3n) is 6.01. The summed E-state index contributed by atoms with van der Waals surface area (Å²) in [5.74, 6) is 0.695. The number of piperidine rings is 1. The van der Waals surface area contributed by atoms with Crippen molar-refractivity contribution >= 4 is 39.9 Å². The molecule has 3 heterocycles. The maximum atomic E-state index is 13.2. The number of benzene rings is 2. The Balaban J connectivity index is 1.30. The molecule has 2 aromatic heterocycles. The summed E-state index contributed by atoms with van der Waals surface area (Å²) in [5, 5.41) is 13.6. The van der Waals surface area contributed by atoms with Gasteiger partial charge in [0.25, 0.3) is 0 Å². The van der Waals surface area contributed by atoms with Gasteiger partial charge in [-0.05, 0) is 56.2 Å². The zero-order valence-corrected chi connectivity index (χ0v) is 19.1. The molecule has 0 bridgehead atoms. The summed E-state index contributed by atoms with van der Waals surface area (Å²) in [5.41, 5.74) is 4.34. The first-order chi connectivity index (χ1) is 16.1. The number of hydrogen-bond donors (Lipinski definition) is 1. The van der Waals surface area contributed by atoms with Crippen molar-refractivity contribution in [2.24, 2.45) is 5.92 Å². The molecule has 1 saturated heterocycles. The predicted octanol–water partition coefficient (Wildman–Crippen LogP) is 5.51. The van der Waals surface area contributed by atoms with Gasteiger partial charge in [0.15, 0.2) is 5.82 Å². The van der Waals surface area contributed by atoms with Crippen LogP contribution in [0, 0.1) is 12.8 Å². The third kappa shape index (κ3) is 4.66. The number of para-hydroxylation sites is 1. The van der Waals surface area contributed by atoms with E-state index in [0.717, 1.165) is 58.7 Å². The van der Waals surface area contributed by atoms with Gasteiger partial charge in [-0.2, -0.15) is 0 Å². The maximum absolute atomic E-state index is 13.2. The molecule has 0 radical (unpaired) electrons. The quantitative estimate of drug-likeness (QED) is 0.437. The highest BCUT2D eigenvalue weighted by atomic mass is 35.5. The van der Waals surface area contributed by atoms with E-state index in [-0.39, 0.29) is 11.8 Å². The average molecular weight is 458 g/mol. The number of anilines is 2. The standard InChI is InChI=1S/C26H24ClN5O/c1-17-15-24(21-6-2-3-7-23(21)28-17)29-26(33)19-5-4-14-32(16-19)25-13-12-22(30-31-25)18-8-10-20(27)11-9-18/h2-3,6-13,15,19H,4-5,14,16H2,1H3,(H,28,29,33). The number of pyridine rings is 1. The molecule has 0 spiro atoms. The molecule has 1 amide bonds. The molecule has 0 saturated carbocycles. The Hall–Kier alpha value is -3.51. The van der Waals surface area contributed by atoms with Crippen LogP contribution in [0.25, 0.3) is 22.2 Å². The van der Waals surface area contributed by atoms with Gasteiger partial charge in [0.2, 0.25) is 5.91 Å². The monoisotopic (exact) mass is 457 g/mol. The molecule has 5 rings (SSSR count). The lowest BCUT2D eigenvalue weighted by Crippen LogP contribution is -2.41. The normalized spacial score (nSPS) is 16.1. The first-order valence-corrected chi connectivity index (χ1v) is 11.5. The molecule has 2 aromatic carbocycles. The second kappa shape index (κ2) is 9.16. The van der Waals surface area contributed by atoms with Gasteiger partial charge in [-0.1, -0.05) is 41.9 Å². The topological polar surface area (TPSA) is 71.0 Å². The Morgan fingerprint density at radius 1 is 1.06 bits per heavy atom. The molecule has 1 unspecified atom stereocenters. The van der Waals surface area contributed by atoms with Gasteiger partial charge in [-0.25, -0.2) is 0 Å². The van der Waals surface area contributed by atoms with Gasteiger partial charge in [-0.15, -0.1) is 10.2 Å². The first-order valence-electron chi connectivity index (χ1n) is 11.1. The molecule has 4 aromatic rings. The lowest BCUT2D eigenvalue weighted by Gasteiger charge is -2.32. The smallest absolute Gasteiger partial charge is 0.229 e. The van der Waals surface area contributed by atoms with Crippen LogP contribution >= 0.6 is 11.6 Å². The number of halogens is 1. The predicted molar refractivity (Wildman–Crippen MR) is 133 cm³/mol. The van der Waals surface area contributed by atoms with Crippen molar-refractivity contribution in [3.05, 3.63) is 77.4 Å². The lowest BCUT2D eigenvalue weighted by molar-refractivity contribution is -0.120. The van der Waals surface area contributed by atoms with Crippen LogP contribution in [-0.4, -0.2) is 34.2 Å². The molecule has 166 valence electrons. The van der Waals surface area contributed by atoms with E-state index in [4.69, 9.17) is 11.6 Å². The summed E-state index contributed by atoms with van der Waals surface area (Å²) < 4.78 is 0. The average Bonchev–Trinajstić information content (AvgIpc) is 2.84. The van der Waals surface area contributed by atoms with Crippen molar-refractivity contribution in [3.8, 4) is 11.3 Å². The first kappa shape index (κ1) is 21.3. The van der Waals surface area contributed by atoms with E-state index < -0.39 is 0 Å². The maximum Gasteiger partial charge on any atom is 0.229 e. The van der Waals surface area contributed by atoms with Crippen LogP contribution in [0.5, 0.6) is 0 Å². The van der Waals surface area contributed by atoms with Gasteiger partial charge >= 0.3 is 0 Å². The van der Waals surface area contributed by atoms with Crippen LogP contribution in [-0.2, 0) is 4.79 Å². The van der Waals surface area contributed by atoms with Crippen LogP contribution in [0.4, 0.5) is 11.5 Å². The molecule has 1 N–H and O–H groups in total. The summed E-state index contributed by atoms with van der Waals surface area (Å²) in [6.07, 6.45) is 1.77. The summed E-state index contributed by atoms with van der Waals surface area (Å²) in [6, 6.07) is 21.3. The number of nitrogens with zero attached hydrogens (tertiary/aromatic N) is 4. The van der Waals surface area contributed by atoms with E-state index in [0.29, 0.717) is 11.6 Å². The number of nitrogens with one attached hydrogen (secondary N) is 1. The SMILES string of the molecule is Cc1cc(NC(=O)C2CCCN(c3ccc(-c4ccc(Cl)cc4)nn3)C2)c2ccccc2n1. The van der Waals surface area contributed by atoms with Gasteiger partial charge in [0.05, 0.1) is 22.8 Å². The van der Waals surface area contributed by atoms with Crippen molar-refractivity contribution in [2.75, 3.05) is 23.3 Å². The fourth-order valence-electron chi connectivity index (χ4n) is 4.31. The summed E-state index contributed by atoms with van der Waals surface area (Å²) in [4.78, 5) is 19.9. The minimum absolute atomic E-state index is 0.0289. The molecule has 6 nitrogen and oxygen atoms in total. The number of rotatable bonds is 4. The minimum Gasteiger partial charge on any atom is -0.354 e. The minimum atomic E-state index is -0.122. The van der Waals surface area contributed by atoms with Gasteiger partial charge in [0, 0.05) is 34.8 Å². The Morgan fingerprint density at radius 3 is 2.67 bits per heavy atom. The van der Waals surface area contributed by atoms with Crippen LogP contribution in [0.2, 0.25) is 5.02 Å². The summed E-state index contributed by atoms with van der Waals surface area (Å²) >= 11 is 5.97. The van der Waals surface area contributed by atoms with E-state index in [1.54, 1.807) is 0 Å². The third-order valence-corrected chi connectivity index (χ3v) is 6.26. The molecule has 1 fully saturated rings.